The lowest BCUT2D eigenvalue weighted by Gasteiger charge is -2.10. The second kappa shape index (κ2) is 6.89. The standard InChI is InChI=1S/C21H19N3O2S/c1-13-4-6-17(7-5-13)26-18-12-16(11-15-10-14(2)27-20(15)18)21(25)22-19-8-9-24(3)23-19/h4-12H,1-3H3,(H,22,23,25). The molecule has 0 spiro atoms. The molecule has 0 fully saturated rings. The maximum Gasteiger partial charge on any atom is 0.257 e. The van der Waals surface area contributed by atoms with E-state index in [4.69, 9.17) is 4.74 Å². The predicted octanol–water partition coefficient (Wildman–Crippen LogP) is 5.30. The van der Waals surface area contributed by atoms with Gasteiger partial charge in [-0.3, -0.25) is 9.48 Å². The highest BCUT2D eigenvalue weighted by molar-refractivity contribution is 7.19. The monoisotopic (exact) mass is 377 g/mol. The van der Waals surface area contributed by atoms with Crippen molar-refractivity contribution in [2.24, 2.45) is 7.05 Å². The number of amides is 1. The highest BCUT2D eigenvalue weighted by Gasteiger charge is 2.15. The third-order valence-electron chi connectivity index (χ3n) is 4.17. The van der Waals surface area contributed by atoms with Crippen LogP contribution in [0.2, 0.25) is 0 Å². The second-order valence-electron chi connectivity index (χ2n) is 6.49. The van der Waals surface area contributed by atoms with E-state index in [0.29, 0.717) is 17.1 Å². The molecule has 4 aromatic rings. The number of hydrogen-bond acceptors (Lipinski definition) is 4. The van der Waals surface area contributed by atoms with Gasteiger partial charge in [0.25, 0.3) is 5.91 Å². The van der Waals surface area contributed by atoms with Crippen LogP contribution < -0.4 is 10.1 Å². The smallest absolute Gasteiger partial charge is 0.257 e. The van der Waals surface area contributed by atoms with Gasteiger partial charge >= 0.3 is 0 Å². The average Bonchev–Trinajstić information content (AvgIpc) is 3.21. The van der Waals surface area contributed by atoms with Crippen LogP contribution >= 0.6 is 11.3 Å². The number of hydrogen-bond donors (Lipinski definition) is 1. The van der Waals surface area contributed by atoms with E-state index in [1.165, 1.54) is 10.4 Å². The first kappa shape index (κ1) is 17.3. The van der Waals surface area contributed by atoms with E-state index in [1.807, 2.05) is 51.2 Å². The molecule has 0 aliphatic heterocycles. The third-order valence-corrected chi connectivity index (χ3v) is 5.25. The van der Waals surface area contributed by atoms with E-state index in [1.54, 1.807) is 34.3 Å². The highest BCUT2D eigenvalue weighted by Crippen LogP contribution is 2.37. The molecule has 0 radical (unpaired) electrons. The van der Waals surface area contributed by atoms with Crippen molar-refractivity contribution in [3.8, 4) is 11.5 Å². The minimum atomic E-state index is -0.215. The van der Waals surface area contributed by atoms with E-state index in [9.17, 15) is 4.79 Å². The van der Waals surface area contributed by atoms with E-state index in [0.717, 1.165) is 15.8 Å². The van der Waals surface area contributed by atoms with Crippen molar-refractivity contribution < 1.29 is 9.53 Å². The lowest BCUT2D eigenvalue weighted by molar-refractivity contribution is 0.102. The molecule has 2 aromatic carbocycles. The molecule has 0 aliphatic carbocycles. The summed E-state index contributed by atoms with van der Waals surface area (Å²) in [5, 5.41) is 8.02. The Morgan fingerprint density at radius 2 is 1.89 bits per heavy atom. The Labute approximate surface area is 161 Å². The summed E-state index contributed by atoms with van der Waals surface area (Å²) in [5.41, 5.74) is 1.70. The van der Waals surface area contributed by atoms with Gasteiger partial charge in [-0.05, 0) is 49.6 Å². The van der Waals surface area contributed by atoms with E-state index >= 15 is 0 Å². The van der Waals surface area contributed by atoms with Crippen molar-refractivity contribution in [1.82, 2.24) is 9.78 Å². The molecule has 1 N–H and O–H groups in total. The zero-order chi connectivity index (χ0) is 19.0. The van der Waals surface area contributed by atoms with Crippen LogP contribution in [-0.4, -0.2) is 15.7 Å². The Morgan fingerprint density at radius 3 is 2.59 bits per heavy atom. The number of anilines is 1. The molecule has 0 unspecified atom stereocenters. The molecule has 1 amide bonds. The molecular weight excluding hydrogens is 358 g/mol. The number of thiophene rings is 1. The van der Waals surface area contributed by atoms with Gasteiger partial charge in [0.15, 0.2) is 5.82 Å². The van der Waals surface area contributed by atoms with Crippen molar-refractivity contribution in [3.05, 3.63) is 70.7 Å². The zero-order valence-electron chi connectivity index (χ0n) is 15.3. The Kier molecular flexibility index (Phi) is 4.41. The first-order valence-electron chi connectivity index (χ1n) is 8.58. The Bertz CT molecular complexity index is 1130. The maximum absolute atomic E-state index is 12.7. The van der Waals surface area contributed by atoms with E-state index < -0.39 is 0 Å². The summed E-state index contributed by atoms with van der Waals surface area (Å²) in [6.45, 7) is 4.08. The van der Waals surface area contributed by atoms with Gasteiger partial charge in [-0.25, -0.2) is 0 Å². The van der Waals surface area contributed by atoms with Crippen LogP contribution in [0.25, 0.3) is 10.1 Å². The van der Waals surface area contributed by atoms with Crippen LogP contribution in [0.5, 0.6) is 11.5 Å². The largest absolute Gasteiger partial charge is 0.456 e. The van der Waals surface area contributed by atoms with Gasteiger partial charge in [0, 0.05) is 29.8 Å². The van der Waals surface area contributed by atoms with Crippen molar-refractivity contribution in [1.29, 1.82) is 0 Å². The molecule has 5 nitrogen and oxygen atoms in total. The van der Waals surface area contributed by atoms with Gasteiger partial charge in [0.1, 0.15) is 11.5 Å². The van der Waals surface area contributed by atoms with E-state index in [2.05, 4.69) is 16.5 Å². The summed E-state index contributed by atoms with van der Waals surface area (Å²) in [5.74, 6) is 1.73. The number of aromatic nitrogens is 2. The molecule has 136 valence electrons. The predicted molar refractivity (Wildman–Crippen MR) is 109 cm³/mol. The first-order valence-corrected chi connectivity index (χ1v) is 9.39. The molecule has 2 aromatic heterocycles. The first-order chi connectivity index (χ1) is 13.0. The summed E-state index contributed by atoms with van der Waals surface area (Å²) in [6.07, 6.45) is 1.78. The van der Waals surface area contributed by atoms with Crippen molar-refractivity contribution in [2.75, 3.05) is 5.32 Å². The van der Waals surface area contributed by atoms with Crippen molar-refractivity contribution in [2.45, 2.75) is 13.8 Å². The quantitative estimate of drug-likeness (QED) is 0.525. The Hall–Kier alpha value is -3.12. The molecule has 2 heterocycles. The van der Waals surface area contributed by atoms with Crippen molar-refractivity contribution in [3.63, 3.8) is 0 Å². The fraction of sp³-hybridized carbons (Fsp3) is 0.143. The van der Waals surface area contributed by atoms with Gasteiger partial charge in [-0.15, -0.1) is 11.3 Å². The normalized spacial score (nSPS) is 10.9. The SMILES string of the molecule is Cc1ccc(Oc2cc(C(=O)Nc3ccn(C)n3)cc3cc(C)sc23)cc1. The number of nitrogens with zero attached hydrogens (tertiary/aromatic N) is 2. The number of nitrogens with one attached hydrogen (secondary N) is 1. The summed E-state index contributed by atoms with van der Waals surface area (Å²) in [7, 11) is 1.81. The van der Waals surface area contributed by atoms with Crippen LogP contribution in [0.1, 0.15) is 20.8 Å². The Morgan fingerprint density at radius 1 is 1.11 bits per heavy atom. The van der Waals surface area contributed by atoms with Crippen LogP contribution in [-0.2, 0) is 7.05 Å². The van der Waals surface area contributed by atoms with Crippen LogP contribution in [0.15, 0.2) is 54.7 Å². The van der Waals surface area contributed by atoms with Crippen LogP contribution in [0.4, 0.5) is 5.82 Å². The number of carbonyl (C=O) groups is 1. The lowest BCUT2D eigenvalue weighted by Crippen LogP contribution is -2.12. The van der Waals surface area contributed by atoms with Crippen molar-refractivity contribution >= 4 is 33.1 Å². The number of benzene rings is 2. The molecule has 27 heavy (non-hydrogen) atoms. The fourth-order valence-electron chi connectivity index (χ4n) is 2.86. The number of fused-ring (bicyclic) bond motifs is 1. The van der Waals surface area contributed by atoms with Crippen LogP contribution in [0, 0.1) is 13.8 Å². The van der Waals surface area contributed by atoms with Gasteiger partial charge in [-0.1, -0.05) is 17.7 Å². The molecule has 4 rings (SSSR count). The molecular formula is C21H19N3O2S. The lowest BCUT2D eigenvalue weighted by atomic mass is 10.1. The fourth-order valence-corrected chi connectivity index (χ4v) is 3.80. The highest BCUT2D eigenvalue weighted by atomic mass is 32.1. The topological polar surface area (TPSA) is 56.1 Å². The number of rotatable bonds is 4. The Balaban J connectivity index is 1.71. The van der Waals surface area contributed by atoms with Crippen LogP contribution in [0.3, 0.4) is 0 Å². The number of carbonyl (C=O) groups excluding carboxylic acids is 1. The van der Waals surface area contributed by atoms with Gasteiger partial charge in [0.2, 0.25) is 0 Å². The number of ether oxygens (including phenoxy) is 1. The summed E-state index contributed by atoms with van der Waals surface area (Å²) >= 11 is 1.66. The molecule has 0 saturated carbocycles. The molecule has 6 heteroatoms. The summed E-state index contributed by atoms with van der Waals surface area (Å²) in [6, 6.07) is 15.4. The van der Waals surface area contributed by atoms with Gasteiger partial charge < -0.3 is 10.1 Å². The zero-order valence-corrected chi connectivity index (χ0v) is 16.1. The maximum atomic E-state index is 12.7. The number of aryl methyl sites for hydroxylation is 3. The molecule has 0 aliphatic rings. The van der Waals surface area contributed by atoms with Gasteiger partial charge in [-0.2, -0.15) is 5.10 Å². The average molecular weight is 377 g/mol. The van der Waals surface area contributed by atoms with E-state index in [-0.39, 0.29) is 5.91 Å². The van der Waals surface area contributed by atoms with Gasteiger partial charge in [0.05, 0.1) is 4.70 Å². The minimum Gasteiger partial charge on any atom is -0.456 e. The summed E-state index contributed by atoms with van der Waals surface area (Å²) < 4.78 is 8.79. The molecule has 0 saturated heterocycles. The summed E-state index contributed by atoms with van der Waals surface area (Å²) in [4.78, 5) is 13.9. The molecule has 0 atom stereocenters. The third kappa shape index (κ3) is 3.71. The second-order valence-corrected chi connectivity index (χ2v) is 7.75. The minimum absolute atomic E-state index is 0.215. The molecule has 0 bridgehead atoms.